The van der Waals surface area contributed by atoms with Gasteiger partial charge in [-0.2, -0.15) is 0 Å². The van der Waals surface area contributed by atoms with Crippen molar-refractivity contribution in [3.05, 3.63) is 0 Å². The van der Waals surface area contributed by atoms with E-state index in [9.17, 15) is 4.79 Å². The van der Waals surface area contributed by atoms with Crippen molar-refractivity contribution in [3.63, 3.8) is 0 Å². The van der Waals surface area contributed by atoms with Gasteiger partial charge in [-0.1, -0.05) is 86.7 Å². The van der Waals surface area contributed by atoms with Crippen molar-refractivity contribution in [3.8, 4) is 0 Å². The van der Waals surface area contributed by atoms with Gasteiger partial charge in [-0.25, -0.2) is 0 Å². The third-order valence-corrected chi connectivity index (χ3v) is 13.4. The summed E-state index contributed by atoms with van der Waals surface area (Å²) in [6.07, 6.45) is 0. The normalized spacial score (nSPS) is 13.0. The Balaban J connectivity index is 0. The summed E-state index contributed by atoms with van der Waals surface area (Å²) < 4.78 is 5.08. The van der Waals surface area contributed by atoms with E-state index in [1.165, 1.54) is 0 Å². The molecule has 0 aliphatic rings. The van der Waals surface area contributed by atoms with Crippen LogP contribution in [0.15, 0.2) is 0 Å². The van der Waals surface area contributed by atoms with Gasteiger partial charge in [0.05, 0.1) is 20.6 Å². The van der Waals surface area contributed by atoms with Crippen molar-refractivity contribution in [2.24, 2.45) is 5.92 Å². The maximum absolute atomic E-state index is 11.0. The summed E-state index contributed by atoms with van der Waals surface area (Å²) in [5.41, 5.74) is 0.896. The van der Waals surface area contributed by atoms with Crippen LogP contribution in [0.4, 0.5) is 0 Å². The van der Waals surface area contributed by atoms with Gasteiger partial charge >= 0.3 is 5.97 Å². The highest BCUT2D eigenvalue weighted by Gasteiger charge is 2.37. The maximum Gasteiger partial charge on any atom is 0.308 e. The van der Waals surface area contributed by atoms with Gasteiger partial charge in [-0.15, -0.1) is 0 Å². The molecule has 0 amide bonds. The summed E-state index contributed by atoms with van der Waals surface area (Å²) in [5.74, 6) is -0.0696. The van der Waals surface area contributed by atoms with E-state index < -0.39 is 16.1 Å². The fourth-order valence-corrected chi connectivity index (χ4v) is 3.94. The highest BCUT2D eigenvalue weighted by Crippen LogP contribution is 2.42. The van der Waals surface area contributed by atoms with Crippen LogP contribution in [0.25, 0.3) is 0 Å². The molecule has 0 spiro atoms. The molecule has 0 saturated heterocycles. The zero-order chi connectivity index (χ0) is 18.4. The van der Waals surface area contributed by atoms with E-state index in [4.69, 9.17) is 4.74 Å². The molecule has 2 nitrogen and oxygen atoms in total. The van der Waals surface area contributed by atoms with E-state index in [1.54, 1.807) is 0 Å². The predicted molar refractivity (Wildman–Crippen MR) is 106 cm³/mol. The van der Waals surface area contributed by atoms with Crippen LogP contribution in [0.5, 0.6) is 0 Å². The van der Waals surface area contributed by atoms with E-state index in [0.717, 1.165) is 11.6 Å². The monoisotopic (exact) mass is 346 g/mol. The van der Waals surface area contributed by atoms with Crippen LogP contribution < -0.4 is 0 Å². The first-order chi connectivity index (χ1) is 9.52. The summed E-state index contributed by atoms with van der Waals surface area (Å²) in [6, 6.07) is 1.06. The minimum atomic E-state index is -1.04. The highest BCUT2D eigenvalue weighted by molar-refractivity contribution is 6.81. The fourth-order valence-electron chi connectivity index (χ4n) is 1.49. The molecular formula is C18H42O2Si2. The molecule has 0 bridgehead atoms. The Bertz CT molecular complexity index is 321. The fraction of sp³-hybridized carbons (Fsp3) is 0.944. The predicted octanol–water partition coefficient (Wildman–Crippen LogP) is 6.43. The number of rotatable bonds is 5. The van der Waals surface area contributed by atoms with Crippen molar-refractivity contribution in [1.82, 2.24) is 0 Å². The second kappa shape index (κ2) is 9.26. The first-order valence-electron chi connectivity index (χ1n) is 8.69. The van der Waals surface area contributed by atoms with Crippen LogP contribution in [0, 0.1) is 5.92 Å². The lowest BCUT2D eigenvalue weighted by molar-refractivity contribution is -0.146. The van der Waals surface area contributed by atoms with Gasteiger partial charge in [-0.05, 0) is 11.1 Å². The van der Waals surface area contributed by atoms with Gasteiger partial charge in [-0.3, -0.25) is 4.79 Å². The van der Waals surface area contributed by atoms with Crippen molar-refractivity contribution >= 4 is 22.1 Å². The van der Waals surface area contributed by atoms with Gasteiger partial charge < -0.3 is 4.74 Å². The summed E-state index contributed by atoms with van der Waals surface area (Å²) in [7, 11) is -2.02. The molecule has 0 saturated carbocycles. The summed E-state index contributed by atoms with van der Waals surface area (Å²) in [4.78, 5) is 11.0. The van der Waals surface area contributed by atoms with E-state index in [1.807, 2.05) is 13.8 Å². The Morgan fingerprint density at radius 1 is 0.955 bits per heavy atom. The van der Waals surface area contributed by atoms with Gasteiger partial charge in [0.2, 0.25) is 0 Å². The number of ether oxygens (including phenoxy) is 1. The quantitative estimate of drug-likeness (QED) is 0.423. The molecule has 134 valence electrons. The Kier molecular flexibility index (Phi) is 10.2. The Morgan fingerprint density at radius 2 is 1.36 bits per heavy atom. The van der Waals surface area contributed by atoms with Crippen LogP contribution in [0.3, 0.4) is 0 Å². The van der Waals surface area contributed by atoms with E-state index in [-0.39, 0.29) is 11.9 Å². The highest BCUT2D eigenvalue weighted by atomic mass is 28.3. The Hall–Kier alpha value is -0.0962. The van der Waals surface area contributed by atoms with Crippen LogP contribution >= 0.6 is 0 Å². The molecule has 0 aliphatic carbocycles. The number of carbonyl (C=O) groups excluding carboxylic acids is 1. The third-order valence-electron chi connectivity index (χ3n) is 4.94. The topological polar surface area (TPSA) is 26.3 Å². The molecule has 0 rings (SSSR count). The average molecular weight is 347 g/mol. The van der Waals surface area contributed by atoms with Crippen molar-refractivity contribution in [2.45, 2.75) is 97.8 Å². The van der Waals surface area contributed by atoms with E-state index >= 15 is 0 Å². The first-order valence-corrected chi connectivity index (χ1v) is 15.5. The smallest absolute Gasteiger partial charge is 0.308 e. The second-order valence-corrected chi connectivity index (χ2v) is 21.5. The molecule has 22 heavy (non-hydrogen) atoms. The third kappa shape index (κ3) is 10.6. The molecule has 0 aliphatic heterocycles. The second-order valence-electron chi connectivity index (χ2n) is 9.76. The molecule has 0 aromatic rings. The van der Waals surface area contributed by atoms with E-state index in [2.05, 4.69) is 67.4 Å². The zero-order valence-electron chi connectivity index (χ0n) is 17.4. The van der Waals surface area contributed by atoms with E-state index in [0.29, 0.717) is 11.6 Å². The van der Waals surface area contributed by atoms with Gasteiger partial charge in [0.15, 0.2) is 0 Å². The minimum Gasteiger partial charge on any atom is -0.466 e. The van der Waals surface area contributed by atoms with Gasteiger partial charge in [0, 0.05) is 8.07 Å². The molecule has 0 radical (unpaired) electrons. The summed E-state index contributed by atoms with van der Waals surface area (Å²) in [6.45, 7) is 27.9. The number of esters is 1. The van der Waals surface area contributed by atoms with Crippen LogP contribution in [-0.2, 0) is 9.53 Å². The van der Waals surface area contributed by atoms with Crippen LogP contribution in [0.2, 0.25) is 49.4 Å². The number of hydrogen-bond donors (Lipinski definition) is 0. The molecule has 4 heteroatoms. The lowest BCUT2D eigenvalue weighted by Crippen LogP contribution is -2.39. The largest absolute Gasteiger partial charge is 0.466 e. The van der Waals surface area contributed by atoms with Crippen LogP contribution in [0.1, 0.15) is 48.5 Å². The molecule has 0 fully saturated rings. The maximum atomic E-state index is 11.0. The lowest BCUT2D eigenvalue weighted by atomic mass is 10.2. The summed E-state index contributed by atoms with van der Waals surface area (Å²) >= 11 is 0. The number of hydrogen-bond acceptors (Lipinski definition) is 2. The lowest BCUT2D eigenvalue weighted by Gasteiger charge is -2.40. The molecule has 0 aromatic carbocycles. The van der Waals surface area contributed by atoms with Crippen molar-refractivity contribution in [2.75, 3.05) is 6.61 Å². The minimum absolute atomic E-state index is 0.00614. The van der Waals surface area contributed by atoms with Gasteiger partial charge in [0.25, 0.3) is 0 Å². The summed E-state index contributed by atoms with van der Waals surface area (Å²) in [5, 5.41) is 0.557. The van der Waals surface area contributed by atoms with Crippen molar-refractivity contribution in [1.29, 1.82) is 0 Å². The molecule has 0 atom stereocenters. The molecule has 0 aromatic heterocycles. The molecule has 0 unspecified atom stereocenters. The molecule has 0 N–H and O–H groups in total. The number of carbonyl (C=O) groups is 1. The standard InChI is InChI=1S/C9H20O2Si.C9H22Si/c1-8(2)9(10)11-6-7-12(3,4)5;1-8(2)10(6,7)9(3,4)5/h8H,6-7H2,1-5H3;8H,1-7H3. The molecular weight excluding hydrogens is 304 g/mol. The van der Waals surface area contributed by atoms with Gasteiger partial charge in [0.1, 0.15) is 0 Å². The first kappa shape index (κ1) is 24.2. The molecule has 0 heterocycles. The SMILES string of the molecule is CC(C)C(=O)OCC[Si](C)(C)C.CC(C)[Si](C)(C)C(C)(C)C. The van der Waals surface area contributed by atoms with Crippen molar-refractivity contribution < 1.29 is 9.53 Å². The average Bonchev–Trinajstić information content (AvgIpc) is 2.25. The Labute approximate surface area is 142 Å². The van der Waals surface area contributed by atoms with Crippen LogP contribution in [-0.4, -0.2) is 28.7 Å². The Morgan fingerprint density at radius 3 is 1.55 bits per heavy atom. The zero-order valence-corrected chi connectivity index (χ0v) is 19.4.